The van der Waals surface area contributed by atoms with Gasteiger partial charge in [-0.25, -0.2) is 0 Å². The van der Waals surface area contributed by atoms with Gasteiger partial charge in [0.2, 0.25) is 0 Å². The fourth-order valence-corrected chi connectivity index (χ4v) is 9.90. The summed E-state index contributed by atoms with van der Waals surface area (Å²) in [5, 5.41) is 9.48. The van der Waals surface area contributed by atoms with Crippen molar-refractivity contribution in [3.8, 4) is 11.1 Å². The van der Waals surface area contributed by atoms with Gasteiger partial charge >= 0.3 is 0 Å². The van der Waals surface area contributed by atoms with E-state index < -0.39 is 7.92 Å². The van der Waals surface area contributed by atoms with Crippen LogP contribution in [0.15, 0.2) is 158 Å². The zero-order valence-electron chi connectivity index (χ0n) is 25.8. The van der Waals surface area contributed by atoms with Crippen molar-refractivity contribution in [3.05, 3.63) is 174 Å². The van der Waals surface area contributed by atoms with Crippen LogP contribution in [0, 0.1) is 0 Å². The van der Waals surface area contributed by atoms with Crippen molar-refractivity contribution in [3.63, 3.8) is 0 Å². The third-order valence-corrected chi connectivity index (χ3v) is 12.2. The van der Waals surface area contributed by atoms with Gasteiger partial charge in [-0.15, -0.1) is 0 Å². The van der Waals surface area contributed by atoms with E-state index in [9.17, 15) is 0 Å². The Kier molecular flexibility index (Phi) is 7.30. The highest BCUT2D eigenvalue weighted by Gasteiger charge is 2.33. The molecule has 0 saturated heterocycles. The minimum atomic E-state index is -0.708. The number of benzene rings is 7. The van der Waals surface area contributed by atoms with Gasteiger partial charge in [0.25, 0.3) is 0 Å². The molecule has 0 radical (unpaired) electrons. The van der Waals surface area contributed by atoms with Gasteiger partial charge in [-0.05, 0) is 87.0 Å². The van der Waals surface area contributed by atoms with E-state index in [4.69, 9.17) is 0 Å². The van der Waals surface area contributed by atoms with Crippen molar-refractivity contribution in [1.82, 2.24) is 4.90 Å². The first-order chi connectivity index (χ1) is 22.2. The van der Waals surface area contributed by atoms with Crippen molar-refractivity contribution in [1.29, 1.82) is 0 Å². The van der Waals surface area contributed by atoms with E-state index in [0.717, 1.165) is 6.54 Å². The highest BCUT2D eigenvalue weighted by atomic mass is 31.1. The standard InChI is InChI=1S/C43H36NP/c1-30-37-27-25-32-15-9-12-22-39(32)42(37)43-38(28-26-33-16-10-13-23-40(33)43)31(2)44(30)29-34-17-11-14-24-41(34)45(35-18-5-3-6-19-35)36-20-7-4-8-21-36/h3-28,30-31H,29H2,1-2H3/t30-,31-/m1/s1. The first-order valence-electron chi connectivity index (χ1n) is 16.0. The van der Waals surface area contributed by atoms with Crippen LogP contribution >= 0.6 is 7.92 Å². The minimum absolute atomic E-state index is 0.221. The molecule has 0 bridgehead atoms. The average molecular weight is 598 g/mol. The van der Waals surface area contributed by atoms with E-state index in [0.29, 0.717) is 0 Å². The largest absolute Gasteiger partial charge is 0.286 e. The molecule has 0 saturated carbocycles. The normalized spacial score (nSPS) is 16.4. The molecule has 0 unspecified atom stereocenters. The Bertz CT molecular complexity index is 2000. The topological polar surface area (TPSA) is 3.24 Å². The van der Waals surface area contributed by atoms with Crippen molar-refractivity contribution >= 4 is 45.4 Å². The third-order valence-electron chi connectivity index (χ3n) is 9.68. The number of rotatable bonds is 5. The van der Waals surface area contributed by atoms with Crippen LogP contribution in [-0.2, 0) is 6.54 Å². The SMILES string of the molecule is C[C@@H]1c2ccc3ccccc3c2-c2c(ccc3ccccc23)[C@@H](C)N1Cc1ccccc1P(c1ccccc1)c1ccccc1. The van der Waals surface area contributed by atoms with Gasteiger partial charge in [-0.3, -0.25) is 4.90 Å². The van der Waals surface area contributed by atoms with Crippen molar-refractivity contribution < 1.29 is 0 Å². The van der Waals surface area contributed by atoms with Crippen LogP contribution in [0.3, 0.4) is 0 Å². The second-order valence-electron chi connectivity index (χ2n) is 12.2. The second kappa shape index (κ2) is 11.8. The molecule has 45 heavy (non-hydrogen) atoms. The van der Waals surface area contributed by atoms with Crippen LogP contribution in [0.1, 0.15) is 42.6 Å². The van der Waals surface area contributed by atoms with Gasteiger partial charge in [0.05, 0.1) is 0 Å². The molecule has 8 rings (SSSR count). The summed E-state index contributed by atoms with van der Waals surface area (Å²) < 4.78 is 0. The summed E-state index contributed by atoms with van der Waals surface area (Å²) in [6.07, 6.45) is 0. The Morgan fingerprint density at radius 2 is 0.911 bits per heavy atom. The van der Waals surface area contributed by atoms with Crippen LogP contribution < -0.4 is 15.9 Å². The summed E-state index contributed by atoms with van der Waals surface area (Å²) in [6, 6.07) is 59.0. The lowest BCUT2D eigenvalue weighted by molar-refractivity contribution is 0.148. The molecular weight excluding hydrogens is 561 g/mol. The van der Waals surface area contributed by atoms with Gasteiger partial charge < -0.3 is 0 Å². The van der Waals surface area contributed by atoms with Crippen molar-refractivity contribution in [2.24, 2.45) is 0 Å². The lowest BCUT2D eigenvalue weighted by atomic mass is 9.86. The van der Waals surface area contributed by atoms with E-state index >= 15 is 0 Å². The second-order valence-corrected chi connectivity index (χ2v) is 14.3. The minimum Gasteiger partial charge on any atom is -0.286 e. The van der Waals surface area contributed by atoms with Crippen molar-refractivity contribution in [2.45, 2.75) is 32.5 Å². The van der Waals surface area contributed by atoms with Crippen LogP contribution in [-0.4, -0.2) is 4.90 Å². The third kappa shape index (κ3) is 4.88. The predicted octanol–water partition coefficient (Wildman–Crippen LogP) is 10.1. The van der Waals surface area contributed by atoms with Crippen LogP contribution in [0.25, 0.3) is 32.7 Å². The van der Waals surface area contributed by atoms with E-state index in [2.05, 4.69) is 176 Å². The smallest absolute Gasteiger partial charge is 0.0335 e. The van der Waals surface area contributed by atoms with Crippen LogP contribution in [0.4, 0.5) is 0 Å². The summed E-state index contributed by atoms with van der Waals surface area (Å²) in [5.41, 5.74) is 7.00. The molecule has 0 fully saturated rings. The molecule has 0 aliphatic carbocycles. The van der Waals surface area contributed by atoms with Crippen LogP contribution in [0.2, 0.25) is 0 Å². The fourth-order valence-electron chi connectivity index (χ4n) is 7.44. The lowest BCUT2D eigenvalue weighted by Gasteiger charge is -2.35. The monoisotopic (exact) mass is 597 g/mol. The molecule has 7 aromatic rings. The first-order valence-corrected chi connectivity index (χ1v) is 17.3. The molecule has 218 valence electrons. The molecule has 1 aliphatic rings. The highest BCUT2D eigenvalue weighted by Crippen LogP contribution is 2.49. The molecule has 0 amide bonds. The number of hydrogen-bond acceptors (Lipinski definition) is 1. The quantitative estimate of drug-likeness (QED) is 0.179. The Hall–Kier alpha value is -4.55. The maximum Gasteiger partial charge on any atom is 0.0335 e. The summed E-state index contributed by atoms with van der Waals surface area (Å²) in [6.45, 7) is 5.70. The van der Waals surface area contributed by atoms with Gasteiger partial charge in [0.15, 0.2) is 0 Å². The lowest BCUT2D eigenvalue weighted by Crippen LogP contribution is -2.32. The number of fused-ring (bicyclic) bond motifs is 7. The van der Waals surface area contributed by atoms with Gasteiger partial charge in [-0.1, -0.05) is 158 Å². The Labute approximate surface area is 267 Å². The van der Waals surface area contributed by atoms with Gasteiger partial charge in [0, 0.05) is 18.6 Å². The summed E-state index contributed by atoms with van der Waals surface area (Å²) in [7, 11) is -0.708. The number of hydrogen-bond donors (Lipinski definition) is 0. The Morgan fingerprint density at radius 3 is 1.44 bits per heavy atom. The number of nitrogens with zero attached hydrogens (tertiary/aromatic N) is 1. The Morgan fingerprint density at radius 1 is 0.467 bits per heavy atom. The van der Waals surface area contributed by atoms with Crippen LogP contribution in [0.5, 0.6) is 0 Å². The highest BCUT2D eigenvalue weighted by molar-refractivity contribution is 7.79. The summed E-state index contributed by atoms with van der Waals surface area (Å²) >= 11 is 0. The van der Waals surface area contributed by atoms with E-state index in [-0.39, 0.29) is 12.1 Å². The van der Waals surface area contributed by atoms with Gasteiger partial charge in [-0.2, -0.15) is 0 Å². The Balaban J connectivity index is 1.32. The molecular formula is C43H36NP. The molecule has 0 spiro atoms. The molecule has 1 heterocycles. The summed E-state index contributed by atoms with van der Waals surface area (Å²) in [5.74, 6) is 0. The average Bonchev–Trinajstić information content (AvgIpc) is 3.19. The van der Waals surface area contributed by atoms with E-state index in [1.165, 1.54) is 65.3 Å². The molecule has 7 aromatic carbocycles. The predicted molar refractivity (Wildman–Crippen MR) is 194 cm³/mol. The molecule has 2 atom stereocenters. The molecule has 1 nitrogen and oxygen atoms in total. The molecule has 0 N–H and O–H groups in total. The maximum atomic E-state index is 2.73. The molecule has 0 aromatic heterocycles. The zero-order valence-corrected chi connectivity index (χ0v) is 26.7. The zero-order chi connectivity index (χ0) is 30.3. The molecule has 2 heteroatoms. The maximum absolute atomic E-state index is 2.73. The first kappa shape index (κ1) is 28.0. The van der Waals surface area contributed by atoms with Gasteiger partial charge in [0.1, 0.15) is 0 Å². The molecule has 1 aliphatic heterocycles. The fraction of sp³-hybridized carbons (Fsp3) is 0.116. The van der Waals surface area contributed by atoms with Crippen molar-refractivity contribution in [2.75, 3.05) is 0 Å². The van der Waals surface area contributed by atoms with E-state index in [1.54, 1.807) is 0 Å². The summed E-state index contributed by atoms with van der Waals surface area (Å²) in [4.78, 5) is 2.73. The van der Waals surface area contributed by atoms with E-state index in [1.807, 2.05) is 0 Å².